The fourth-order valence-corrected chi connectivity index (χ4v) is 4.61. The van der Waals surface area contributed by atoms with Gasteiger partial charge in [-0.3, -0.25) is 9.59 Å². The second-order valence-electron chi connectivity index (χ2n) is 7.52. The van der Waals surface area contributed by atoms with E-state index in [-0.39, 0.29) is 30.1 Å². The first kappa shape index (κ1) is 20.8. The van der Waals surface area contributed by atoms with Crippen LogP contribution in [0.2, 0.25) is 0 Å². The molecule has 2 aliphatic heterocycles. The van der Waals surface area contributed by atoms with Crippen molar-refractivity contribution in [1.82, 2.24) is 10.2 Å². The molecule has 0 aliphatic carbocycles. The number of nitrogens with one attached hydrogen (secondary N) is 2. The van der Waals surface area contributed by atoms with Crippen molar-refractivity contribution >= 4 is 41.2 Å². The van der Waals surface area contributed by atoms with Crippen molar-refractivity contribution in [2.24, 2.45) is 11.8 Å². The van der Waals surface area contributed by atoms with Gasteiger partial charge in [-0.15, -0.1) is 23.7 Å². The van der Waals surface area contributed by atoms with Crippen molar-refractivity contribution in [3.05, 3.63) is 51.2 Å². The maximum absolute atomic E-state index is 13.1. The van der Waals surface area contributed by atoms with Crippen LogP contribution in [0.4, 0.5) is 5.69 Å². The van der Waals surface area contributed by atoms with Crippen LogP contribution in [0, 0.1) is 18.8 Å². The molecule has 1 aromatic carbocycles. The lowest BCUT2D eigenvalue weighted by Gasteiger charge is -2.32. The summed E-state index contributed by atoms with van der Waals surface area (Å²) in [5.41, 5.74) is 3.50. The van der Waals surface area contributed by atoms with Crippen molar-refractivity contribution < 1.29 is 9.59 Å². The van der Waals surface area contributed by atoms with Crippen LogP contribution in [-0.4, -0.2) is 36.3 Å². The monoisotopic (exact) mass is 419 g/mol. The van der Waals surface area contributed by atoms with Crippen LogP contribution in [-0.2, 0) is 17.8 Å². The van der Waals surface area contributed by atoms with Crippen molar-refractivity contribution in [2.45, 2.75) is 26.8 Å². The summed E-state index contributed by atoms with van der Waals surface area (Å²) >= 11 is 1.77. The number of amides is 2. The van der Waals surface area contributed by atoms with E-state index in [2.05, 4.69) is 22.1 Å². The van der Waals surface area contributed by atoms with E-state index in [4.69, 9.17) is 0 Å². The van der Waals surface area contributed by atoms with Gasteiger partial charge in [-0.2, -0.15) is 0 Å². The highest BCUT2D eigenvalue weighted by molar-refractivity contribution is 7.10. The van der Waals surface area contributed by atoms with Crippen LogP contribution in [0.1, 0.15) is 33.3 Å². The number of rotatable bonds is 4. The van der Waals surface area contributed by atoms with Crippen molar-refractivity contribution in [3.8, 4) is 0 Å². The number of carbonyl (C=O) groups excluding carboxylic acids is 2. The van der Waals surface area contributed by atoms with Gasteiger partial charge in [0.1, 0.15) is 0 Å². The molecule has 7 heteroatoms. The molecule has 1 unspecified atom stereocenters. The molecule has 2 aliphatic rings. The molecule has 0 spiro atoms. The minimum absolute atomic E-state index is 0. The number of carbonyl (C=O) groups is 2. The Labute approximate surface area is 175 Å². The molecule has 4 rings (SSSR count). The fraction of sp³-hybridized carbons (Fsp3) is 0.429. The van der Waals surface area contributed by atoms with E-state index in [9.17, 15) is 9.59 Å². The summed E-state index contributed by atoms with van der Waals surface area (Å²) in [5, 5.41) is 8.34. The molecule has 1 aromatic heterocycles. The van der Waals surface area contributed by atoms with Crippen LogP contribution in [0.25, 0.3) is 0 Å². The number of hydrogen-bond acceptors (Lipinski definition) is 4. The van der Waals surface area contributed by atoms with Gasteiger partial charge in [0.15, 0.2) is 0 Å². The van der Waals surface area contributed by atoms with E-state index in [1.54, 1.807) is 11.3 Å². The Bertz CT molecular complexity index is 878. The first-order valence-electron chi connectivity index (χ1n) is 9.50. The molecule has 5 nitrogen and oxygen atoms in total. The molecular weight excluding hydrogens is 394 g/mol. The smallest absolute Gasteiger partial charge is 0.254 e. The number of nitrogens with zero attached hydrogens (tertiary/aromatic N) is 1. The standard InChI is InChI=1S/C21H25N3O2S.ClH/c1-13(16-10-22-11-16)20(25)23-18-5-3-4-17(14(18)2)21(26)24-8-6-19-15(12-24)7-9-27-19;/h3-5,7,9,13,16,22H,6,8,10-12H2,1-2H3,(H,23,25);1H. The first-order valence-corrected chi connectivity index (χ1v) is 10.4. The highest BCUT2D eigenvalue weighted by Crippen LogP contribution is 2.27. The van der Waals surface area contributed by atoms with Gasteiger partial charge in [-0.1, -0.05) is 13.0 Å². The largest absolute Gasteiger partial charge is 0.334 e. The zero-order valence-electron chi connectivity index (χ0n) is 16.2. The summed E-state index contributed by atoms with van der Waals surface area (Å²) in [6, 6.07) is 7.70. The third-order valence-electron chi connectivity index (χ3n) is 5.85. The quantitative estimate of drug-likeness (QED) is 0.797. The molecule has 0 saturated carbocycles. The molecule has 0 bridgehead atoms. The maximum atomic E-state index is 13.1. The summed E-state index contributed by atoms with van der Waals surface area (Å²) < 4.78 is 0. The average Bonchev–Trinajstić information content (AvgIpc) is 3.09. The zero-order valence-corrected chi connectivity index (χ0v) is 17.8. The SMILES string of the molecule is Cc1c(NC(=O)C(C)C2CNC2)cccc1C(=O)N1CCc2sccc2C1.Cl. The van der Waals surface area contributed by atoms with Crippen LogP contribution >= 0.6 is 23.7 Å². The highest BCUT2D eigenvalue weighted by atomic mass is 35.5. The second kappa shape index (κ2) is 8.64. The molecular formula is C21H26ClN3O2S. The average molecular weight is 420 g/mol. The lowest BCUT2D eigenvalue weighted by atomic mass is 9.88. The van der Waals surface area contributed by atoms with E-state index < -0.39 is 0 Å². The predicted octanol–water partition coefficient (Wildman–Crippen LogP) is 3.47. The number of thiophene rings is 1. The topological polar surface area (TPSA) is 61.4 Å². The van der Waals surface area contributed by atoms with Crippen molar-refractivity contribution in [2.75, 3.05) is 25.0 Å². The molecule has 1 saturated heterocycles. The van der Waals surface area contributed by atoms with Crippen LogP contribution in [0.15, 0.2) is 29.6 Å². The van der Waals surface area contributed by atoms with Crippen molar-refractivity contribution in [1.29, 1.82) is 0 Å². The second-order valence-corrected chi connectivity index (χ2v) is 8.52. The summed E-state index contributed by atoms with van der Waals surface area (Å²) in [5.74, 6) is 0.416. The van der Waals surface area contributed by atoms with Crippen LogP contribution in [0.3, 0.4) is 0 Å². The Morgan fingerprint density at radius 1 is 1.29 bits per heavy atom. The molecule has 2 amide bonds. The normalized spacial score (nSPS) is 17.1. The van der Waals surface area contributed by atoms with E-state index in [0.717, 1.165) is 37.3 Å². The van der Waals surface area contributed by atoms with E-state index in [1.165, 1.54) is 10.4 Å². The van der Waals surface area contributed by atoms with Gasteiger partial charge < -0.3 is 15.5 Å². The Morgan fingerprint density at radius 3 is 2.79 bits per heavy atom. The number of hydrogen-bond donors (Lipinski definition) is 2. The lowest BCUT2D eigenvalue weighted by molar-refractivity contribution is -0.121. The molecule has 2 N–H and O–H groups in total. The number of benzene rings is 1. The third-order valence-corrected chi connectivity index (χ3v) is 6.87. The number of halogens is 1. The first-order chi connectivity index (χ1) is 13.0. The zero-order chi connectivity index (χ0) is 19.0. The van der Waals surface area contributed by atoms with Crippen LogP contribution in [0.5, 0.6) is 0 Å². The lowest BCUT2D eigenvalue weighted by Crippen LogP contribution is -2.48. The molecule has 3 heterocycles. The molecule has 28 heavy (non-hydrogen) atoms. The molecule has 150 valence electrons. The van der Waals surface area contributed by atoms with E-state index in [0.29, 0.717) is 18.0 Å². The maximum Gasteiger partial charge on any atom is 0.254 e. The van der Waals surface area contributed by atoms with Crippen LogP contribution < -0.4 is 10.6 Å². The Balaban J connectivity index is 0.00000225. The minimum Gasteiger partial charge on any atom is -0.334 e. The van der Waals surface area contributed by atoms with Crippen molar-refractivity contribution in [3.63, 3.8) is 0 Å². The number of fused-ring (bicyclic) bond motifs is 1. The molecule has 0 radical (unpaired) electrons. The fourth-order valence-electron chi connectivity index (χ4n) is 3.72. The van der Waals surface area contributed by atoms with Gasteiger partial charge in [0, 0.05) is 35.1 Å². The molecule has 1 atom stereocenters. The van der Waals surface area contributed by atoms with Gasteiger partial charge in [0.2, 0.25) is 5.91 Å². The Kier molecular flexibility index (Phi) is 6.43. The predicted molar refractivity (Wildman–Crippen MR) is 115 cm³/mol. The number of anilines is 1. The molecule has 1 fully saturated rings. The summed E-state index contributed by atoms with van der Waals surface area (Å²) in [6.45, 7) is 7.08. The highest BCUT2D eigenvalue weighted by Gasteiger charge is 2.29. The summed E-state index contributed by atoms with van der Waals surface area (Å²) in [6.07, 6.45) is 0.918. The van der Waals surface area contributed by atoms with E-state index >= 15 is 0 Å². The summed E-state index contributed by atoms with van der Waals surface area (Å²) in [4.78, 5) is 28.9. The van der Waals surface area contributed by atoms with Gasteiger partial charge in [-0.05, 0) is 67.1 Å². The van der Waals surface area contributed by atoms with E-state index in [1.807, 2.05) is 36.9 Å². The third kappa shape index (κ3) is 3.95. The summed E-state index contributed by atoms with van der Waals surface area (Å²) in [7, 11) is 0. The van der Waals surface area contributed by atoms with Gasteiger partial charge in [0.25, 0.3) is 5.91 Å². The Morgan fingerprint density at radius 2 is 2.07 bits per heavy atom. The van der Waals surface area contributed by atoms with Gasteiger partial charge in [-0.25, -0.2) is 0 Å². The van der Waals surface area contributed by atoms with Gasteiger partial charge >= 0.3 is 0 Å². The molecule has 2 aromatic rings. The van der Waals surface area contributed by atoms with Gasteiger partial charge in [0.05, 0.1) is 0 Å². The minimum atomic E-state index is -0.0379. The Hall–Kier alpha value is -1.89.